The van der Waals surface area contributed by atoms with Crippen LogP contribution in [0.3, 0.4) is 0 Å². The highest BCUT2D eigenvalue weighted by atomic mass is 16.5. The van der Waals surface area contributed by atoms with E-state index in [1.807, 2.05) is 7.05 Å². The molecule has 0 aliphatic carbocycles. The highest BCUT2D eigenvalue weighted by Crippen LogP contribution is 1.90. The molecule has 13 heavy (non-hydrogen) atoms. The van der Waals surface area contributed by atoms with Crippen molar-refractivity contribution in [3.05, 3.63) is 18.2 Å². The number of carbonyl (C=O) groups excluding carboxylic acids is 1. The van der Waals surface area contributed by atoms with Crippen LogP contribution in [0.2, 0.25) is 0 Å². The Kier molecular flexibility index (Phi) is 3.09. The molecule has 1 aromatic heterocycles. The van der Waals surface area contributed by atoms with Crippen LogP contribution in [-0.4, -0.2) is 22.6 Å². The van der Waals surface area contributed by atoms with Crippen molar-refractivity contribution in [2.24, 2.45) is 7.05 Å². The van der Waals surface area contributed by atoms with Crippen molar-refractivity contribution in [3.8, 4) is 11.8 Å². The second-order valence-corrected chi connectivity index (χ2v) is 2.42. The van der Waals surface area contributed by atoms with Gasteiger partial charge in [-0.1, -0.05) is 5.92 Å². The first kappa shape index (κ1) is 9.33. The first-order chi connectivity index (χ1) is 6.24. The Balaban J connectivity index is 2.58. The lowest BCUT2D eigenvalue weighted by Crippen LogP contribution is -1.97. The number of aryl methyl sites for hydroxylation is 1. The van der Waals surface area contributed by atoms with Crippen molar-refractivity contribution < 1.29 is 9.53 Å². The molecule has 0 atom stereocenters. The van der Waals surface area contributed by atoms with E-state index in [0.717, 1.165) is 0 Å². The molecule has 0 spiro atoms. The fourth-order valence-electron chi connectivity index (χ4n) is 0.754. The standard InChI is InChI=1S/C9H10N2O2/c1-11-7-6-10-8(11)4-3-5-9(12)13-2/h6-7H,5H2,1-2H3. The number of carbonyl (C=O) groups is 1. The van der Waals surface area contributed by atoms with Gasteiger partial charge in [-0.25, -0.2) is 4.98 Å². The SMILES string of the molecule is COC(=O)CC#Cc1nccn1C. The van der Waals surface area contributed by atoms with Crippen LogP contribution in [0.25, 0.3) is 0 Å². The van der Waals surface area contributed by atoms with Gasteiger partial charge in [0.1, 0.15) is 6.42 Å². The zero-order valence-electron chi connectivity index (χ0n) is 7.57. The molecule has 0 radical (unpaired) electrons. The van der Waals surface area contributed by atoms with Gasteiger partial charge >= 0.3 is 5.97 Å². The number of methoxy groups -OCH3 is 1. The van der Waals surface area contributed by atoms with E-state index in [9.17, 15) is 4.79 Å². The molecule has 1 aromatic rings. The number of hydrogen-bond donors (Lipinski definition) is 0. The van der Waals surface area contributed by atoms with Crippen molar-refractivity contribution in [1.82, 2.24) is 9.55 Å². The van der Waals surface area contributed by atoms with E-state index < -0.39 is 0 Å². The van der Waals surface area contributed by atoms with Gasteiger partial charge in [0, 0.05) is 19.4 Å². The van der Waals surface area contributed by atoms with E-state index in [1.54, 1.807) is 17.0 Å². The van der Waals surface area contributed by atoms with Gasteiger partial charge in [0.2, 0.25) is 0 Å². The van der Waals surface area contributed by atoms with Crippen molar-refractivity contribution in [1.29, 1.82) is 0 Å². The van der Waals surface area contributed by atoms with Crippen LogP contribution in [0, 0.1) is 11.8 Å². The number of ether oxygens (including phenoxy) is 1. The molecular weight excluding hydrogens is 168 g/mol. The lowest BCUT2D eigenvalue weighted by Gasteiger charge is -1.90. The highest BCUT2D eigenvalue weighted by molar-refractivity contribution is 5.72. The lowest BCUT2D eigenvalue weighted by molar-refractivity contribution is -0.139. The first-order valence-electron chi connectivity index (χ1n) is 3.77. The number of rotatable bonds is 1. The molecule has 0 fully saturated rings. The lowest BCUT2D eigenvalue weighted by atomic mass is 10.4. The Morgan fingerprint density at radius 2 is 2.54 bits per heavy atom. The van der Waals surface area contributed by atoms with E-state index in [4.69, 9.17) is 0 Å². The van der Waals surface area contributed by atoms with E-state index in [2.05, 4.69) is 21.6 Å². The average Bonchev–Trinajstić information content (AvgIpc) is 2.52. The van der Waals surface area contributed by atoms with E-state index in [1.165, 1.54) is 7.11 Å². The molecule has 0 saturated heterocycles. The van der Waals surface area contributed by atoms with Gasteiger partial charge in [-0.3, -0.25) is 4.79 Å². The Morgan fingerprint density at radius 3 is 3.08 bits per heavy atom. The third-order valence-corrected chi connectivity index (χ3v) is 1.48. The first-order valence-corrected chi connectivity index (χ1v) is 3.77. The molecule has 1 rings (SSSR count). The molecule has 0 bridgehead atoms. The Labute approximate surface area is 76.5 Å². The number of esters is 1. The quantitative estimate of drug-likeness (QED) is 0.460. The minimum Gasteiger partial charge on any atom is -0.468 e. The summed E-state index contributed by atoms with van der Waals surface area (Å²) >= 11 is 0. The maximum Gasteiger partial charge on any atom is 0.317 e. The van der Waals surface area contributed by atoms with Crippen LogP contribution in [0.5, 0.6) is 0 Å². The topological polar surface area (TPSA) is 44.1 Å². The number of aromatic nitrogens is 2. The van der Waals surface area contributed by atoms with Crippen molar-refractivity contribution in [2.45, 2.75) is 6.42 Å². The summed E-state index contributed by atoms with van der Waals surface area (Å²) < 4.78 is 6.21. The predicted octanol–water partition coefficient (Wildman–Crippen LogP) is 0.335. The summed E-state index contributed by atoms with van der Waals surface area (Å²) in [6.07, 6.45) is 3.55. The van der Waals surface area contributed by atoms with E-state index in [-0.39, 0.29) is 12.4 Å². The van der Waals surface area contributed by atoms with Crippen LogP contribution in [0.1, 0.15) is 12.2 Å². The van der Waals surface area contributed by atoms with E-state index in [0.29, 0.717) is 5.82 Å². The van der Waals surface area contributed by atoms with Gasteiger partial charge in [0.05, 0.1) is 7.11 Å². The molecule has 4 heteroatoms. The number of hydrogen-bond acceptors (Lipinski definition) is 3. The third-order valence-electron chi connectivity index (χ3n) is 1.48. The molecule has 0 aliphatic rings. The monoisotopic (exact) mass is 178 g/mol. The minimum atomic E-state index is -0.332. The molecular formula is C9H10N2O2. The second-order valence-electron chi connectivity index (χ2n) is 2.42. The number of imidazole rings is 1. The number of nitrogens with zero attached hydrogens (tertiary/aromatic N) is 2. The maximum absolute atomic E-state index is 10.7. The predicted molar refractivity (Wildman–Crippen MR) is 46.7 cm³/mol. The zero-order chi connectivity index (χ0) is 9.68. The van der Waals surface area contributed by atoms with Crippen molar-refractivity contribution in [2.75, 3.05) is 7.11 Å². The summed E-state index contributed by atoms with van der Waals surface area (Å²) in [7, 11) is 3.18. The fraction of sp³-hybridized carbons (Fsp3) is 0.333. The smallest absolute Gasteiger partial charge is 0.317 e. The van der Waals surface area contributed by atoms with Crippen LogP contribution in [-0.2, 0) is 16.6 Å². The van der Waals surface area contributed by atoms with E-state index >= 15 is 0 Å². The van der Waals surface area contributed by atoms with Gasteiger partial charge in [-0.2, -0.15) is 0 Å². The molecule has 0 unspecified atom stereocenters. The molecule has 4 nitrogen and oxygen atoms in total. The molecule has 1 heterocycles. The Morgan fingerprint density at radius 1 is 1.77 bits per heavy atom. The Bertz CT molecular complexity index is 357. The molecule has 0 amide bonds. The maximum atomic E-state index is 10.7. The minimum absolute atomic E-state index is 0.101. The molecule has 0 aliphatic heterocycles. The Hall–Kier alpha value is -1.76. The summed E-state index contributed by atoms with van der Waals surface area (Å²) in [6, 6.07) is 0. The summed E-state index contributed by atoms with van der Waals surface area (Å²) in [4.78, 5) is 14.6. The summed E-state index contributed by atoms with van der Waals surface area (Å²) in [5.74, 6) is 5.74. The van der Waals surface area contributed by atoms with Gasteiger partial charge in [0.15, 0.2) is 5.82 Å². The fourth-order valence-corrected chi connectivity index (χ4v) is 0.754. The van der Waals surface area contributed by atoms with Gasteiger partial charge in [-0.05, 0) is 5.92 Å². The zero-order valence-corrected chi connectivity index (χ0v) is 7.57. The second kappa shape index (κ2) is 4.31. The molecule has 68 valence electrons. The summed E-state index contributed by atoms with van der Waals surface area (Å²) in [5.41, 5.74) is 0. The van der Waals surface area contributed by atoms with Gasteiger partial charge < -0.3 is 9.30 Å². The van der Waals surface area contributed by atoms with Gasteiger partial charge in [0.25, 0.3) is 0 Å². The molecule has 0 saturated carbocycles. The van der Waals surface area contributed by atoms with Gasteiger partial charge in [-0.15, -0.1) is 0 Å². The summed E-state index contributed by atoms with van der Waals surface area (Å²) in [5, 5.41) is 0. The highest BCUT2D eigenvalue weighted by Gasteiger charge is 1.95. The molecule has 0 N–H and O–H groups in total. The largest absolute Gasteiger partial charge is 0.468 e. The van der Waals surface area contributed by atoms with Crippen molar-refractivity contribution >= 4 is 5.97 Å². The molecule has 0 aromatic carbocycles. The van der Waals surface area contributed by atoms with Crippen LogP contribution in [0.15, 0.2) is 12.4 Å². The van der Waals surface area contributed by atoms with Crippen LogP contribution < -0.4 is 0 Å². The average molecular weight is 178 g/mol. The normalized spacial score (nSPS) is 8.77. The van der Waals surface area contributed by atoms with Crippen LogP contribution >= 0.6 is 0 Å². The summed E-state index contributed by atoms with van der Waals surface area (Å²) in [6.45, 7) is 0. The van der Waals surface area contributed by atoms with Crippen molar-refractivity contribution in [3.63, 3.8) is 0 Å². The third kappa shape index (κ3) is 2.64. The van der Waals surface area contributed by atoms with Crippen LogP contribution in [0.4, 0.5) is 0 Å².